The van der Waals surface area contributed by atoms with Crippen molar-refractivity contribution in [1.29, 1.82) is 0 Å². The highest BCUT2D eigenvalue weighted by Gasteiger charge is 2.21. The smallest absolute Gasteiger partial charge is 0.254 e. The minimum absolute atomic E-state index is 0.260. The number of carbonyl (C=O) groups excluding carboxylic acids is 1. The highest BCUT2D eigenvalue weighted by Crippen LogP contribution is 2.24. The van der Waals surface area contributed by atoms with Gasteiger partial charge >= 0.3 is 0 Å². The number of amides is 1. The fraction of sp³-hybridized carbons (Fsp3) is 0.316. The van der Waals surface area contributed by atoms with Crippen LogP contribution in [0.15, 0.2) is 29.1 Å². The molecule has 1 aromatic carbocycles. The van der Waals surface area contributed by atoms with Crippen LogP contribution in [0.1, 0.15) is 40.2 Å². The van der Waals surface area contributed by atoms with Crippen molar-refractivity contribution in [3.63, 3.8) is 0 Å². The Hall–Kier alpha value is -2.96. The zero-order valence-electron chi connectivity index (χ0n) is 14.4. The molecule has 4 rings (SSSR count). The van der Waals surface area contributed by atoms with Crippen molar-refractivity contribution in [3.05, 3.63) is 63.0 Å². The molecule has 7 heteroatoms. The normalized spacial score (nSPS) is 13.6. The van der Waals surface area contributed by atoms with Crippen LogP contribution >= 0.6 is 0 Å². The first-order valence-electron chi connectivity index (χ1n) is 8.66. The van der Waals surface area contributed by atoms with E-state index in [0.717, 1.165) is 37.1 Å². The molecule has 0 unspecified atom stereocenters. The fourth-order valence-corrected chi connectivity index (χ4v) is 3.59. The summed E-state index contributed by atoms with van der Waals surface area (Å²) in [7, 11) is 1.68. The molecule has 2 aromatic heterocycles. The van der Waals surface area contributed by atoms with E-state index in [2.05, 4.69) is 15.2 Å². The minimum Gasteiger partial charge on any atom is -0.336 e. The maximum Gasteiger partial charge on any atom is 0.254 e. The molecule has 134 valence electrons. The summed E-state index contributed by atoms with van der Waals surface area (Å²) in [4.78, 5) is 28.9. The molecule has 0 saturated carbocycles. The Morgan fingerprint density at radius 1 is 1.27 bits per heavy atom. The number of benzene rings is 1. The molecule has 0 spiro atoms. The van der Waals surface area contributed by atoms with Crippen molar-refractivity contribution >= 4 is 16.8 Å². The van der Waals surface area contributed by atoms with Crippen LogP contribution < -0.4 is 5.56 Å². The lowest BCUT2D eigenvalue weighted by Crippen LogP contribution is -2.28. The number of halogens is 1. The number of fused-ring (bicyclic) bond motifs is 2. The van der Waals surface area contributed by atoms with Gasteiger partial charge in [0.1, 0.15) is 5.82 Å². The average molecular weight is 354 g/mol. The molecule has 26 heavy (non-hydrogen) atoms. The lowest BCUT2D eigenvalue weighted by Gasteiger charge is -2.19. The lowest BCUT2D eigenvalue weighted by atomic mass is 9.96. The molecule has 1 aliphatic rings. The molecule has 2 N–H and O–H groups in total. The van der Waals surface area contributed by atoms with E-state index >= 15 is 0 Å². The monoisotopic (exact) mass is 354 g/mol. The highest BCUT2D eigenvalue weighted by molar-refractivity contribution is 6.05. The van der Waals surface area contributed by atoms with Gasteiger partial charge in [0.15, 0.2) is 0 Å². The summed E-state index contributed by atoms with van der Waals surface area (Å²) in [6, 6.07) is 5.27. The van der Waals surface area contributed by atoms with Crippen molar-refractivity contribution < 1.29 is 9.18 Å². The number of pyridine rings is 1. The first-order valence-corrected chi connectivity index (χ1v) is 8.66. The highest BCUT2D eigenvalue weighted by atomic mass is 19.1. The van der Waals surface area contributed by atoms with Crippen LogP contribution in [0.5, 0.6) is 0 Å². The molecular weight excluding hydrogens is 335 g/mol. The Morgan fingerprint density at radius 2 is 2.08 bits per heavy atom. The van der Waals surface area contributed by atoms with Gasteiger partial charge in [-0.2, -0.15) is 5.10 Å². The van der Waals surface area contributed by atoms with E-state index in [4.69, 9.17) is 0 Å². The van der Waals surface area contributed by atoms with Gasteiger partial charge in [0.25, 0.3) is 5.91 Å². The Morgan fingerprint density at radius 3 is 2.92 bits per heavy atom. The van der Waals surface area contributed by atoms with Gasteiger partial charge in [-0.3, -0.25) is 14.7 Å². The number of H-pyrrole nitrogens is 2. The molecule has 6 nitrogen and oxygen atoms in total. The fourth-order valence-electron chi connectivity index (χ4n) is 3.59. The number of aromatic nitrogens is 3. The molecular formula is C19H19FN4O2. The standard InChI is InChI=1S/C19H19FN4O2/c1-24(10-17-13-4-2-3-5-15(13)22-23-17)19(26)14-9-18(25)21-16-8-11(20)6-7-12(14)16/h6-9H,2-5,10H2,1H3,(H,21,25)(H,22,23). The quantitative estimate of drug-likeness (QED) is 0.758. The topological polar surface area (TPSA) is 81.8 Å². The summed E-state index contributed by atoms with van der Waals surface area (Å²) < 4.78 is 13.4. The van der Waals surface area contributed by atoms with Gasteiger partial charge in [0.05, 0.1) is 23.3 Å². The second-order valence-electron chi connectivity index (χ2n) is 6.73. The van der Waals surface area contributed by atoms with Crippen molar-refractivity contribution in [3.8, 4) is 0 Å². The van der Waals surface area contributed by atoms with E-state index in [1.54, 1.807) is 11.9 Å². The van der Waals surface area contributed by atoms with E-state index in [9.17, 15) is 14.0 Å². The molecule has 0 aliphatic heterocycles. The molecule has 0 fully saturated rings. The number of nitrogens with zero attached hydrogens (tertiary/aromatic N) is 2. The van der Waals surface area contributed by atoms with E-state index in [1.165, 1.54) is 29.8 Å². The number of aromatic amines is 2. The van der Waals surface area contributed by atoms with E-state index in [-0.39, 0.29) is 11.5 Å². The molecule has 0 bridgehead atoms. The SMILES string of the molecule is CN(Cc1n[nH]c2c1CCCC2)C(=O)c1cc(=O)[nH]c2cc(F)ccc12. The van der Waals surface area contributed by atoms with Gasteiger partial charge < -0.3 is 9.88 Å². The first-order chi connectivity index (χ1) is 12.5. The van der Waals surface area contributed by atoms with Crippen molar-refractivity contribution in [1.82, 2.24) is 20.1 Å². The molecule has 0 atom stereocenters. The molecule has 2 heterocycles. The molecule has 0 radical (unpaired) electrons. The number of hydrogen-bond donors (Lipinski definition) is 2. The van der Waals surface area contributed by atoms with Gasteiger partial charge in [-0.1, -0.05) is 0 Å². The average Bonchev–Trinajstić information content (AvgIpc) is 3.03. The van der Waals surface area contributed by atoms with Crippen LogP contribution in [0, 0.1) is 5.82 Å². The molecule has 1 amide bonds. The number of hydrogen-bond acceptors (Lipinski definition) is 3. The third kappa shape index (κ3) is 2.89. The van der Waals surface area contributed by atoms with Crippen molar-refractivity contribution in [2.24, 2.45) is 0 Å². The van der Waals surface area contributed by atoms with Crippen molar-refractivity contribution in [2.75, 3.05) is 7.05 Å². The predicted octanol–water partition coefficient (Wildman–Crippen LogP) is 2.54. The van der Waals surface area contributed by atoms with Gasteiger partial charge in [-0.15, -0.1) is 0 Å². The zero-order valence-corrected chi connectivity index (χ0v) is 14.4. The molecule has 0 saturated heterocycles. The zero-order chi connectivity index (χ0) is 18.3. The van der Waals surface area contributed by atoms with Crippen LogP contribution in [0.25, 0.3) is 10.9 Å². The number of rotatable bonds is 3. The number of carbonyl (C=O) groups is 1. The summed E-state index contributed by atoms with van der Waals surface area (Å²) in [5, 5.41) is 7.96. The van der Waals surface area contributed by atoms with Gasteiger partial charge in [-0.05, 0) is 49.4 Å². The van der Waals surface area contributed by atoms with Crippen LogP contribution in [0.3, 0.4) is 0 Å². The second-order valence-corrected chi connectivity index (χ2v) is 6.73. The summed E-state index contributed by atoms with van der Waals surface area (Å²) in [6.07, 6.45) is 4.24. The van der Waals surface area contributed by atoms with Gasteiger partial charge in [0, 0.05) is 24.2 Å². The Kier molecular flexibility index (Phi) is 4.06. The van der Waals surface area contributed by atoms with Crippen LogP contribution in [-0.2, 0) is 19.4 Å². The van der Waals surface area contributed by atoms with E-state index < -0.39 is 11.4 Å². The van der Waals surface area contributed by atoms with Crippen molar-refractivity contribution in [2.45, 2.75) is 32.2 Å². The Balaban J connectivity index is 1.66. The second kappa shape index (κ2) is 6.40. The third-order valence-electron chi connectivity index (χ3n) is 4.91. The minimum atomic E-state index is -0.464. The number of nitrogens with one attached hydrogen (secondary N) is 2. The Labute approximate surface area is 149 Å². The van der Waals surface area contributed by atoms with Gasteiger partial charge in [-0.25, -0.2) is 4.39 Å². The molecule has 3 aromatic rings. The van der Waals surface area contributed by atoms with E-state index in [0.29, 0.717) is 17.4 Å². The summed E-state index contributed by atoms with van der Waals surface area (Å²) >= 11 is 0. The summed E-state index contributed by atoms with van der Waals surface area (Å²) in [5.74, 6) is -0.755. The Bertz CT molecular complexity index is 1050. The summed E-state index contributed by atoms with van der Waals surface area (Å²) in [6.45, 7) is 0.361. The van der Waals surface area contributed by atoms with Crippen LogP contribution in [-0.4, -0.2) is 33.0 Å². The lowest BCUT2D eigenvalue weighted by molar-refractivity contribution is 0.0785. The number of aryl methyl sites for hydroxylation is 1. The maximum absolute atomic E-state index is 13.4. The van der Waals surface area contributed by atoms with Gasteiger partial charge in [0.2, 0.25) is 5.56 Å². The first kappa shape index (κ1) is 16.5. The summed E-state index contributed by atoms with van der Waals surface area (Å²) in [5.41, 5.74) is 3.37. The molecule has 1 aliphatic carbocycles. The largest absolute Gasteiger partial charge is 0.336 e. The van der Waals surface area contributed by atoms with Crippen LogP contribution in [0.4, 0.5) is 4.39 Å². The maximum atomic E-state index is 13.4. The third-order valence-corrected chi connectivity index (χ3v) is 4.91. The van der Waals surface area contributed by atoms with E-state index in [1.807, 2.05) is 0 Å². The van der Waals surface area contributed by atoms with Crippen LogP contribution in [0.2, 0.25) is 0 Å². The predicted molar refractivity (Wildman–Crippen MR) is 95.6 cm³/mol.